The van der Waals surface area contributed by atoms with Gasteiger partial charge in [-0.05, 0) is 31.9 Å². The molecule has 2 fully saturated rings. The number of rotatable bonds is 2. The lowest BCUT2D eigenvalue weighted by molar-refractivity contribution is -0.134. The molecule has 2 aliphatic rings. The molecule has 0 spiro atoms. The van der Waals surface area contributed by atoms with E-state index in [1.54, 1.807) is 0 Å². The summed E-state index contributed by atoms with van der Waals surface area (Å²) in [7, 11) is 0. The van der Waals surface area contributed by atoms with E-state index < -0.39 is 0 Å². The number of carbonyl (C=O) groups is 2. The van der Waals surface area contributed by atoms with Crippen molar-refractivity contribution in [2.45, 2.75) is 19.8 Å². The van der Waals surface area contributed by atoms with E-state index in [-0.39, 0.29) is 17.7 Å². The van der Waals surface area contributed by atoms with Crippen molar-refractivity contribution in [3.8, 4) is 0 Å². The largest absolute Gasteiger partial charge is 0.339 e. The summed E-state index contributed by atoms with van der Waals surface area (Å²) in [5, 5.41) is 0. The van der Waals surface area contributed by atoms with E-state index in [4.69, 9.17) is 0 Å². The maximum atomic E-state index is 12.4. The number of amides is 2. The number of hydrogen-bond donors (Lipinski definition) is 0. The zero-order valence-electron chi connectivity index (χ0n) is 11.8. The maximum absolute atomic E-state index is 12.4. The average molecular weight is 272 g/mol. The van der Waals surface area contributed by atoms with Crippen LogP contribution in [-0.4, -0.2) is 47.8 Å². The summed E-state index contributed by atoms with van der Waals surface area (Å²) in [6, 6.07) is 7.67. The van der Waals surface area contributed by atoms with Gasteiger partial charge < -0.3 is 9.80 Å². The van der Waals surface area contributed by atoms with Crippen LogP contribution in [0, 0.1) is 12.8 Å². The normalized spacial score (nSPS) is 19.1. The molecule has 4 nitrogen and oxygen atoms in total. The Kier molecular flexibility index (Phi) is 3.47. The highest BCUT2D eigenvalue weighted by Gasteiger charge is 2.35. The van der Waals surface area contributed by atoms with Gasteiger partial charge >= 0.3 is 0 Å². The second-order valence-corrected chi connectivity index (χ2v) is 5.76. The van der Waals surface area contributed by atoms with Crippen LogP contribution in [0.15, 0.2) is 24.3 Å². The molecule has 0 N–H and O–H groups in total. The number of benzene rings is 1. The minimum atomic E-state index is 0.0727. The highest BCUT2D eigenvalue weighted by atomic mass is 16.2. The van der Waals surface area contributed by atoms with Crippen LogP contribution in [0.5, 0.6) is 0 Å². The van der Waals surface area contributed by atoms with Gasteiger partial charge in [0.2, 0.25) is 5.91 Å². The van der Waals surface area contributed by atoms with Gasteiger partial charge in [0, 0.05) is 37.7 Å². The Labute approximate surface area is 119 Å². The molecule has 1 saturated heterocycles. The van der Waals surface area contributed by atoms with Crippen molar-refractivity contribution < 1.29 is 9.59 Å². The van der Waals surface area contributed by atoms with Gasteiger partial charge in [0.05, 0.1) is 0 Å². The van der Waals surface area contributed by atoms with Crippen molar-refractivity contribution in [1.29, 1.82) is 0 Å². The highest BCUT2D eigenvalue weighted by Crippen LogP contribution is 2.31. The molecular formula is C16H20N2O2. The Morgan fingerprint density at radius 1 is 0.950 bits per heavy atom. The molecule has 2 amide bonds. The number of nitrogens with zero attached hydrogens (tertiary/aromatic N) is 2. The minimum Gasteiger partial charge on any atom is -0.339 e. The van der Waals surface area contributed by atoms with Crippen LogP contribution >= 0.6 is 0 Å². The van der Waals surface area contributed by atoms with Gasteiger partial charge in [-0.2, -0.15) is 0 Å². The average Bonchev–Trinajstić information content (AvgIpc) is 3.31. The van der Waals surface area contributed by atoms with E-state index in [1.165, 1.54) is 0 Å². The van der Waals surface area contributed by atoms with Gasteiger partial charge in [-0.25, -0.2) is 0 Å². The van der Waals surface area contributed by atoms with Crippen LogP contribution in [0.25, 0.3) is 0 Å². The van der Waals surface area contributed by atoms with Gasteiger partial charge in [0.1, 0.15) is 0 Å². The number of hydrogen-bond acceptors (Lipinski definition) is 2. The van der Waals surface area contributed by atoms with Crippen LogP contribution < -0.4 is 0 Å². The first-order valence-electron chi connectivity index (χ1n) is 7.30. The van der Waals surface area contributed by atoms with Crippen molar-refractivity contribution in [2.75, 3.05) is 26.2 Å². The summed E-state index contributed by atoms with van der Waals surface area (Å²) >= 11 is 0. The third kappa shape index (κ3) is 2.69. The van der Waals surface area contributed by atoms with Crippen LogP contribution in [0.1, 0.15) is 28.8 Å². The van der Waals surface area contributed by atoms with E-state index in [9.17, 15) is 9.59 Å². The summed E-state index contributed by atoms with van der Waals surface area (Å²) in [5.41, 5.74) is 1.89. The van der Waals surface area contributed by atoms with Crippen molar-refractivity contribution >= 4 is 11.8 Å². The zero-order valence-corrected chi connectivity index (χ0v) is 11.8. The quantitative estimate of drug-likeness (QED) is 0.822. The van der Waals surface area contributed by atoms with Crippen molar-refractivity contribution in [3.05, 3.63) is 35.4 Å². The standard InChI is InChI=1S/C16H20N2O2/c1-12-2-4-13(5-3-12)15(19)17-8-10-18(11-9-17)16(20)14-6-7-14/h2-5,14H,6-11H2,1H3. The third-order valence-electron chi connectivity index (χ3n) is 4.10. The molecule has 0 atom stereocenters. The molecule has 0 aromatic heterocycles. The molecule has 3 rings (SSSR count). The van der Waals surface area contributed by atoms with Gasteiger partial charge in [0.25, 0.3) is 5.91 Å². The van der Waals surface area contributed by atoms with Crippen LogP contribution in [-0.2, 0) is 4.79 Å². The Balaban J connectivity index is 1.58. The fraction of sp³-hybridized carbons (Fsp3) is 0.500. The molecule has 106 valence electrons. The maximum Gasteiger partial charge on any atom is 0.253 e. The summed E-state index contributed by atoms with van der Waals surface area (Å²) in [6.07, 6.45) is 2.09. The molecule has 1 aromatic rings. The van der Waals surface area contributed by atoms with Gasteiger partial charge in [0.15, 0.2) is 0 Å². The van der Waals surface area contributed by atoms with Crippen LogP contribution in [0.3, 0.4) is 0 Å². The molecule has 1 saturated carbocycles. The molecule has 4 heteroatoms. The lowest BCUT2D eigenvalue weighted by Gasteiger charge is -2.35. The van der Waals surface area contributed by atoms with E-state index in [0.717, 1.165) is 24.0 Å². The number of piperazine rings is 1. The van der Waals surface area contributed by atoms with Crippen LogP contribution in [0.4, 0.5) is 0 Å². The molecule has 1 aromatic carbocycles. The van der Waals surface area contributed by atoms with Crippen molar-refractivity contribution in [3.63, 3.8) is 0 Å². The van der Waals surface area contributed by atoms with E-state index in [0.29, 0.717) is 26.2 Å². The third-order valence-corrected chi connectivity index (χ3v) is 4.10. The summed E-state index contributed by atoms with van der Waals surface area (Å²) in [6.45, 7) is 4.65. The Morgan fingerprint density at radius 2 is 1.50 bits per heavy atom. The minimum absolute atomic E-state index is 0.0727. The predicted molar refractivity (Wildman–Crippen MR) is 76.4 cm³/mol. The molecule has 1 aliphatic heterocycles. The highest BCUT2D eigenvalue weighted by molar-refractivity contribution is 5.94. The summed E-state index contributed by atoms with van der Waals surface area (Å²) in [5.74, 6) is 0.630. The lowest BCUT2D eigenvalue weighted by Crippen LogP contribution is -2.51. The first-order valence-corrected chi connectivity index (χ1v) is 7.30. The topological polar surface area (TPSA) is 40.6 Å². The summed E-state index contributed by atoms with van der Waals surface area (Å²) in [4.78, 5) is 28.1. The first kappa shape index (κ1) is 13.2. The van der Waals surface area contributed by atoms with Crippen molar-refractivity contribution in [1.82, 2.24) is 9.80 Å². The van der Waals surface area contributed by atoms with Crippen molar-refractivity contribution in [2.24, 2.45) is 5.92 Å². The molecule has 1 heterocycles. The molecule has 0 radical (unpaired) electrons. The Bertz CT molecular complexity index is 512. The monoisotopic (exact) mass is 272 g/mol. The van der Waals surface area contributed by atoms with Crippen LogP contribution in [0.2, 0.25) is 0 Å². The molecular weight excluding hydrogens is 252 g/mol. The smallest absolute Gasteiger partial charge is 0.253 e. The number of carbonyl (C=O) groups excluding carboxylic acids is 2. The molecule has 20 heavy (non-hydrogen) atoms. The SMILES string of the molecule is Cc1ccc(C(=O)N2CCN(C(=O)C3CC3)CC2)cc1. The van der Waals surface area contributed by atoms with E-state index >= 15 is 0 Å². The second-order valence-electron chi connectivity index (χ2n) is 5.76. The lowest BCUT2D eigenvalue weighted by atomic mass is 10.1. The van der Waals surface area contributed by atoms with Gasteiger partial charge in [-0.1, -0.05) is 17.7 Å². The predicted octanol–water partition coefficient (Wildman–Crippen LogP) is 1.69. The van der Waals surface area contributed by atoms with E-state index in [1.807, 2.05) is 41.0 Å². The van der Waals surface area contributed by atoms with E-state index in [2.05, 4.69) is 0 Å². The zero-order chi connectivity index (χ0) is 14.1. The Morgan fingerprint density at radius 3 is 2.05 bits per heavy atom. The fourth-order valence-corrected chi connectivity index (χ4v) is 2.60. The molecule has 0 unspecified atom stereocenters. The number of aryl methyl sites for hydroxylation is 1. The Hall–Kier alpha value is -1.84. The van der Waals surface area contributed by atoms with Gasteiger partial charge in [-0.15, -0.1) is 0 Å². The summed E-state index contributed by atoms with van der Waals surface area (Å²) < 4.78 is 0. The van der Waals surface area contributed by atoms with Gasteiger partial charge in [-0.3, -0.25) is 9.59 Å². The molecule has 0 bridgehead atoms. The molecule has 1 aliphatic carbocycles. The fourth-order valence-electron chi connectivity index (χ4n) is 2.60. The second kappa shape index (κ2) is 5.27. The first-order chi connectivity index (χ1) is 9.65.